The Morgan fingerprint density at radius 3 is 2.89 bits per heavy atom. The Labute approximate surface area is 113 Å². The summed E-state index contributed by atoms with van der Waals surface area (Å²) in [5.74, 6) is 1.27. The Morgan fingerprint density at radius 1 is 1.32 bits per heavy atom. The highest BCUT2D eigenvalue weighted by atomic mass is 16.5. The van der Waals surface area contributed by atoms with Gasteiger partial charge < -0.3 is 15.0 Å². The fourth-order valence-corrected chi connectivity index (χ4v) is 2.04. The van der Waals surface area contributed by atoms with E-state index in [1.165, 1.54) is 0 Å². The van der Waals surface area contributed by atoms with Crippen LogP contribution in [0.25, 0.3) is 11.2 Å². The van der Waals surface area contributed by atoms with Gasteiger partial charge in [0.05, 0.1) is 6.33 Å². The van der Waals surface area contributed by atoms with Crippen molar-refractivity contribution in [3.8, 4) is 0 Å². The van der Waals surface area contributed by atoms with Gasteiger partial charge in [0.15, 0.2) is 11.5 Å². The van der Waals surface area contributed by atoms with Crippen molar-refractivity contribution >= 4 is 17.0 Å². The van der Waals surface area contributed by atoms with E-state index in [-0.39, 0.29) is 0 Å². The molecule has 2 N–H and O–H groups in total. The number of nitrogens with two attached hydrogens (primary N) is 1. The average Bonchev–Trinajstić information content (AvgIpc) is 2.79. The molecule has 0 aromatic carbocycles. The molecule has 2 aromatic heterocycles. The SMILES string of the molecule is CCCc1nc(N)c2ncn(CCCCOC)c2n1. The van der Waals surface area contributed by atoms with Crippen LogP contribution >= 0.6 is 0 Å². The number of aryl methyl sites for hydroxylation is 2. The van der Waals surface area contributed by atoms with Crippen molar-refractivity contribution in [1.82, 2.24) is 19.5 Å². The molecule has 0 fully saturated rings. The molecule has 0 saturated carbocycles. The number of anilines is 1. The second kappa shape index (κ2) is 6.47. The molecule has 0 atom stereocenters. The van der Waals surface area contributed by atoms with Gasteiger partial charge in [0.25, 0.3) is 0 Å². The number of ether oxygens (including phenoxy) is 1. The van der Waals surface area contributed by atoms with Crippen molar-refractivity contribution in [2.45, 2.75) is 39.2 Å². The highest BCUT2D eigenvalue weighted by molar-refractivity contribution is 5.81. The summed E-state index contributed by atoms with van der Waals surface area (Å²) in [6.07, 6.45) is 5.70. The monoisotopic (exact) mass is 263 g/mol. The van der Waals surface area contributed by atoms with Gasteiger partial charge in [0.1, 0.15) is 11.3 Å². The van der Waals surface area contributed by atoms with Crippen molar-refractivity contribution in [3.63, 3.8) is 0 Å². The van der Waals surface area contributed by atoms with Gasteiger partial charge in [0, 0.05) is 26.7 Å². The first kappa shape index (κ1) is 13.7. The molecule has 2 aromatic rings. The van der Waals surface area contributed by atoms with Gasteiger partial charge in [0.2, 0.25) is 0 Å². The molecule has 0 radical (unpaired) electrons. The van der Waals surface area contributed by atoms with Crippen LogP contribution in [0.2, 0.25) is 0 Å². The molecule has 19 heavy (non-hydrogen) atoms. The van der Waals surface area contributed by atoms with Crippen molar-refractivity contribution in [2.24, 2.45) is 0 Å². The first-order valence-electron chi connectivity index (χ1n) is 6.72. The molecular weight excluding hydrogens is 242 g/mol. The second-order valence-corrected chi connectivity index (χ2v) is 4.59. The van der Waals surface area contributed by atoms with Gasteiger partial charge in [-0.15, -0.1) is 0 Å². The maximum Gasteiger partial charge on any atom is 0.165 e. The standard InChI is InChI=1S/C13H21N5O/c1-3-6-10-16-12(14)11-13(17-10)18(9-15-11)7-4-5-8-19-2/h9H,3-8H2,1-2H3,(H2,14,16,17). The smallest absolute Gasteiger partial charge is 0.165 e. The number of imidazole rings is 1. The van der Waals surface area contributed by atoms with E-state index < -0.39 is 0 Å². The zero-order valence-corrected chi connectivity index (χ0v) is 11.6. The molecule has 104 valence electrons. The van der Waals surface area contributed by atoms with Crippen LogP contribution in [0, 0.1) is 0 Å². The van der Waals surface area contributed by atoms with Crippen molar-refractivity contribution in [1.29, 1.82) is 0 Å². The van der Waals surface area contributed by atoms with Crippen molar-refractivity contribution < 1.29 is 4.74 Å². The van der Waals surface area contributed by atoms with Crippen molar-refractivity contribution in [2.75, 3.05) is 19.5 Å². The molecule has 0 spiro atoms. The topological polar surface area (TPSA) is 78.8 Å². The molecule has 0 unspecified atom stereocenters. The summed E-state index contributed by atoms with van der Waals surface area (Å²) in [5.41, 5.74) is 7.47. The van der Waals surface area contributed by atoms with E-state index in [1.54, 1.807) is 13.4 Å². The summed E-state index contributed by atoms with van der Waals surface area (Å²) in [6.45, 7) is 3.76. The molecule has 0 aliphatic rings. The van der Waals surface area contributed by atoms with Crippen LogP contribution < -0.4 is 5.73 Å². The summed E-state index contributed by atoms with van der Waals surface area (Å²) in [7, 11) is 1.72. The van der Waals surface area contributed by atoms with Gasteiger partial charge in [-0.05, 0) is 19.3 Å². The number of hydrogen-bond acceptors (Lipinski definition) is 5. The summed E-state index contributed by atoms with van der Waals surface area (Å²) in [5, 5.41) is 0. The number of rotatable bonds is 7. The van der Waals surface area contributed by atoms with Crippen LogP contribution in [0.4, 0.5) is 5.82 Å². The van der Waals surface area contributed by atoms with E-state index in [2.05, 4.69) is 21.9 Å². The minimum absolute atomic E-state index is 0.476. The van der Waals surface area contributed by atoms with E-state index in [9.17, 15) is 0 Å². The van der Waals surface area contributed by atoms with E-state index in [4.69, 9.17) is 10.5 Å². The lowest BCUT2D eigenvalue weighted by Gasteiger charge is -2.05. The van der Waals surface area contributed by atoms with Crippen LogP contribution in [-0.2, 0) is 17.7 Å². The fourth-order valence-electron chi connectivity index (χ4n) is 2.04. The molecule has 0 bridgehead atoms. The van der Waals surface area contributed by atoms with E-state index in [0.717, 1.165) is 50.3 Å². The van der Waals surface area contributed by atoms with Crippen molar-refractivity contribution in [3.05, 3.63) is 12.2 Å². The van der Waals surface area contributed by atoms with Gasteiger partial charge in [-0.25, -0.2) is 15.0 Å². The average molecular weight is 263 g/mol. The first-order valence-corrected chi connectivity index (χ1v) is 6.72. The molecule has 0 aliphatic carbocycles. The van der Waals surface area contributed by atoms with Crippen LogP contribution in [-0.4, -0.2) is 33.2 Å². The number of unbranched alkanes of at least 4 members (excludes halogenated alkanes) is 1. The molecule has 0 saturated heterocycles. The maximum atomic E-state index is 5.93. The Balaban J connectivity index is 2.19. The molecule has 2 heterocycles. The lowest BCUT2D eigenvalue weighted by Crippen LogP contribution is -2.04. The van der Waals surface area contributed by atoms with Crippen LogP contribution in [0.15, 0.2) is 6.33 Å². The number of fused-ring (bicyclic) bond motifs is 1. The highest BCUT2D eigenvalue weighted by Crippen LogP contribution is 2.17. The zero-order chi connectivity index (χ0) is 13.7. The number of nitrogen functional groups attached to an aromatic ring is 1. The maximum absolute atomic E-state index is 5.93. The van der Waals surface area contributed by atoms with Crippen LogP contribution in [0.1, 0.15) is 32.0 Å². The second-order valence-electron chi connectivity index (χ2n) is 4.59. The normalized spacial score (nSPS) is 11.3. The molecule has 6 nitrogen and oxygen atoms in total. The molecular formula is C13H21N5O. The van der Waals surface area contributed by atoms with E-state index >= 15 is 0 Å². The number of methoxy groups -OCH3 is 1. The summed E-state index contributed by atoms with van der Waals surface area (Å²) in [4.78, 5) is 13.1. The molecule has 0 amide bonds. The molecule has 2 rings (SSSR count). The number of hydrogen-bond donors (Lipinski definition) is 1. The third-order valence-electron chi connectivity index (χ3n) is 3.01. The summed E-state index contributed by atoms with van der Waals surface area (Å²) >= 11 is 0. The predicted molar refractivity (Wildman–Crippen MR) is 74.8 cm³/mol. The minimum atomic E-state index is 0.476. The van der Waals surface area contributed by atoms with E-state index in [0.29, 0.717) is 11.3 Å². The fraction of sp³-hybridized carbons (Fsp3) is 0.615. The van der Waals surface area contributed by atoms with Gasteiger partial charge in [-0.1, -0.05) is 6.92 Å². The van der Waals surface area contributed by atoms with Crippen LogP contribution in [0.3, 0.4) is 0 Å². The lowest BCUT2D eigenvalue weighted by molar-refractivity contribution is 0.191. The largest absolute Gasteiger partial charge is 0.385 e. The number of nitrogens with zero attached hydrogens (tertiary/aromatic N) is 4. The van der Waals surface area contributed by atoms with Crippen LogP contribution in [0.5, 0.6) is 0 Å². The van der Waals surface area contributed by atoms with Gasteiger partial charge in [-0.3, -0.25) is 0 Å². The van der Waals surface area contributed by atoms with Gasteiger partial charge in [-0.2, -0.15) is 0 Å². The molecule has 0 aliphatic heterocycles. The molecule has 6 heteroatoms. The highest BCUT2D eigenvalue weighted by Gasteiger charge is 2.10. The quantitative estimate of drug-likeness (QED) is 0.770. The Hall–Kier alpha value is -1.69. The third-order valence-corrected chi connectivity index (χ3v) is 3.01. The zero-order valence-electron chi connectivity index (χ0n) is 11.6. The Morgan fingerprint density at radius 2 is 2.16 bits per heavy atom. The Bertz CT molecular complexity index is 537. The lowest BCUT2D eigenvalue weighted by atomic mass is 10.3. The summed E-state index contributed by atoms with van der Waals surface area (Å²) in [6, 6.07) is 0. The predicted octanol–water partition coefficient (Wildman–Crippen LogP) is 1.79. The number of aromatic nitrogens is 4. The minimum Gasteiger partial charge on any atom is -0.385 e. The van der Waals surface area contributed by atoms with Gasteiger partial charge >= 0.3 is 0 Å². The summed E-state index contributed by atoms with van der Waals surface area (Å²) < 4.78 is 7.09. The van der Waals surface area contributed by atoms with E-state index in [1.807, 2.05) is 4.57 Å². The first-order chi connectivity index (χ1) is 9.26. The Kier molecular flexibility index (Phi) is 4.68. The third kappa shape index (κ3) is 3.20.